The molecule has 1 amide bonds. The van der Waals surface area contributed by atoms with Crippen molar-refractivity contribution >= 4 is 12.1 Å². The van der Waals surface area contributed by atoms with Crippen LogP contribution in [0.5, 0.6) is 5.75 Å². The summed E-state index contributed by atoms with van der Waals surface area (Å²) in [5.74, 6) is 0.610. The number of benzene rings is 1. The molecular formula is C13H12N2O3. The second-order valence-corrected chi connectivity index (χ2v) is 3.45. The van der Waals surface area contributed by atoms with E-state index < -0.39 is 0 Å². The summed E-state index contributed by atoms with van der Waals surface area (Å²) in [5, 5.41) is 3.83. The molecule has 5 nitrogen and oxygen atoms in total. The van der Waals surface area contributed by atoms with Gasteiger partial charge in [-0.15, -0.1) is 0 Å². The van der Waals surface area contributed by atoms with Crippen LogP contribution in [-0.4, -0.2) is 19.2 Å². The Balaban J connectivity index is 1.93. The first-order valence-corrected chi connectivity index (χ1v) is 5.30. The smallest absolute Gasteiger partial charge is 0.307 e. The van der Waals surface area contributed by atoms with E-state index in [0.717, 1.165) is 11.3 Å². The van der Waals surface area contributed by atoms with Gasteiger partial charge in [-0.2, -0.15) is 5.10 Å². The Kier molecular flexibility index (Phi) is 3.76. The highest BCUT2D eigenvalue weighted by Crippen LogP contribution is 2.09. The Labute approximate surface area is 104 Å². The molecule has 0 aliphatic heterocycles. The summed E-state index contributed by atoms with van der Waals surface area (Å²) in [6, 6.07) is 10.5. The molecule has 0 saturated carbocycles. The zero-order valence-corrected chi connectivity index (χ0v) is 9.79. The number of ether oxygens (including phenoxy) is 1. The van der Waals surface area contributed by atoms with Crippen LogP contribution in [0.4, 0.5) is 0 Å². The Morgan fingerprint density at radius 2 is 2.11 bits per heavy atom. The number of hydrogen-bond acceptors (Lipinski definition) is 4. The highest BCUT2D eigenvalue weighted by atomic mass is 16.5. The second-order valence-electron chi connectivity index (χ2n) is 3.45. The number of furan rings is 1. The molecule has 0 aliphatic carbocycles. The van der Waals surface area contributed by atoms with Crippen molar-refractivity contribution in [2.24, 2.45) is 5.10 Å². The third kappa shape index (κ3) is 2.98. The van der Waals surface area contributed by atoms with Gasteiger partial charge in [0.15, 0.2) is 5.76 Å². The highest BCUT2D eigenvalue weighted by molar-refractivity contribution is 5.92. The van der Waals surface area contributed by atoms with E-state index in [1.807, 2.05) is 24.3 Å². The third-order valence-corrected chi connectivity index (χ3v) is 2.24. The molecule has 0 radical (unpaired) electrons. The van der Waals surface area contributed by atoms with Gasteiger partial charge in [0.25, 0.3) is 0 Å². The molecule has 0 fully saturated rings. The summed E-state index contributed by atoms with van der Waals surface area (Å²) < 4.78 is 9.96. The lowest BCUT2D eigenvalue weighted by molar-refractivity contribution is 0.0927. The molecule has 1 aromatic heterocycles. The van der Waals surface area contributed by atoms with E-state index in [-0.39, 0.29) is 11.7 Å². The standard InChI is InChI=1S/C13H12N2O3/c1-17-11-6-4-10(5-7-11)9-14-15-13(16)12-3-2-8-18-12/h2-9H,1H3,(H,15,16). The van der Waals surface area contributed by atoms with Crippen molar-refractivity contribution in [1.29, 1.82) is 0 Å². The zero-order valence-electron chi connectivity index (χ0n) is 9.79. The summed E-state index contributed by atoms with van der Waals surface area (Å²) in [4.78, 5) is 11.5. The molecule has 92 valence electrons. The van der Waals surface area contributed by atoms with E-state index in [2.05, 4.69) is 10.5 Å². The van der Waals surface area contributed by atoms with Gasteiger partial charge < -0.3 is 9.15 Å². The Morgan fingerprint density at radius 3 is 2.72 bits per heavy atom. The molecule has 1 heterocycles. The summed E-state index contributed by atoms with van der Waals surface area (Å²) in [6.45, 7) is 0. The highest BCUT2D eigenvalue weighted by Gasteiger charge is 2.05. The number of hydrazone groups is 1. The number of carbonyl (C=O) groups is 1. The average molecular weight is 244 g/mol. The normalized spacial score (nSPS) is 10.5. The van der Waals surface area contributed by atoms with Crippen LogP contribution in [-0.2, 0) is 0 Å². The molecule has 18 heavy (non-hydrogen) atoms. The summed E-state index contributed by atoms with van der Waals surface area (Å²) >= 11 is 0. The minimum Gasteiger partial charge on any atom is -0.497 e. The van der Waals surface area contributed by atoms with Crippen molar-refractivity contribution in [1.82, 2.24) is 5.43 Å². The van der Waals surface area contributed by atoms with E-state index in [9.17, 15) is 4.79 Å². The minimum absolute atomic E-state index is 0.224. The largest absolute Gasteiger partial charge is 0.497 e. The number of hydrogen-bond donors (Lipinski definition) is 1. The lowest BCUT2D eigenvalue weighted by Crippen LogP contribution is -2.16. The fourth-order valence-corrected chi connectivity index (χ4v) is 1.32. The lowest BCUT2D eigenvalue weighted by Gasteiger charge is -1.99. The van der Waals surface area contributed by atoms with Crippen LogP contribution in [0.25, 0.3) is 0 Å². The number of nitrogens with zero attached hydrogens (tertiary/aromatic N) is 1. The first-order chi connectivity index (χ1) is 8.79. The fraction of sp³-hybridized carbons (Fsp3) is 0.0769. The molecule has 0 unspecified atom stereocenters. The number of amides is 1. The van der Waals surface area contributed by atoms with Crippen LogP contribution in [0.3, 0.4) is 0 Å². The molecule has 2 aromatic rings. The summed E-state index contributed by atoms with van der Waals surface area (Å²) in [6.07, 6.45) is 2.97. The van der Waals surface area contributed by atoms with Gasteiger partial charge >= 0.3 is 5.91 Å². The third-order valence-electron chi connectivity index (χ3n) is 2.24. The van der Waals surface area contributed by atoms with Gasteiger partial charge in [-0.25, -0.2) is 5.43 Å². The topological polar surface area (TPSA) is 63.8 Å². The Morgan fingerprint density at radius 1 is 1.33 bits per heavy atom. The van der Waals surface area contributed by atoms with Crippen LogP contribution in [0.15, 0.2) is 52.2 Å². The van der Waals surface area contributed by atoms with Gasteiger partial charge in [-0.3, -0.25) is 4.79 Å². The maximum absolute atomic E-state index is 11.5. The van der Waals surface area contributed by atoms with Crippen LogP contribution < -0.4 is 10.2 Å². The van der Waals surface area contributed by atoms with E-state index in [4.69, 9.17) is 9.15 Å². The molecular weight excluding hydrogens is 232 g/mol. The predicted octanol–water partition coefficient (Wildman–Crippen LogP) is 2.05. The second kappa shape index (κ2) is 5.67. The fourth-order valence-electron chi connectivity index (χ4n) is 1.32. The van der Waals surface area contributed by atoms with Crippen molar-refractivity contribution < 1.29 is 13.9 Å². The van der Waals surface area contributed by atoms with Gasteiger partial charge in [0.05, 0.1) is 19.6 Å². The molecule has 2 rings (SSSR count). The number of carbonyl (C=O) groups excluding carboxylic acids is 1. The SMILES string of the molecule is COc1ccc(C=NNC(=O)c2ccco2)cc1. The number of methoxy groups -OCH3 is 1. The Hall–Kier alpha value is -2.56. The first kappa shape index (κ1) is 11.9. The van der Waals surface area contributed by atoms with E-state index in [0.29, 0.717) is 0 Å². The van der Waals surface area contributed by atoms with Crippen molar-refractivity contribution in [3.05, 3.63) is 54.0 Å². The van der Waals surface area contributed by atoms with Crippen molar-refractivity contribution in [2.75, 3.05) is 7.11 Å². The van der Waals surface area contributed by atoms with E-state index >= 15 is 0 Å². The maximum Gasteiger partial charge on any atom is 0.307 e. The zero-order chi connectivity index (χ0) is 12.8. The quantitative estimate of drug-likeness (QED) is 0.661. The van der Waals surface area contributed by atoms with Crippen LogP contribution in [0.2, 0.25) is 0 Å². The number of nitrogens with one attached hydrogen (secondary N) is 1. The van der Waals surface area contributed by atoms with Crippen molar-refractivity contribution in [2.45, 2.75) is 0 Å². The molecule has 0 atom stereocenters. The minimum atomic E-state index is -0.384. The van der Waals surface area contributed by atoms with Gasteiger partial charge in [-0.05, 0) is 42.0 Å². The van der Waals surface area contributed by atoms with Crippen molar-refractivity contribution in [3.8, 4) is 5.75 Å². The maximum atomic E-state index is 11.5. The van der Waals surface area contributed by atoms with E-state index in [1.54, 1.807) is 25.5 Å². The first-order valence-electron chi connectivity index (χ1n) is 5.30. The molecule has 0 saturated heterocycles. The molecule has 1 aromatic carbocycles. The van der Waals surface area contributed by atoms with Crippen LogP contribution in [0, 0.1) is 0 Å². The van der Waals surface area contributed by atoms with Gasteiger partial charge in [0.2, 0.25) is 0 Å². The summed E-state index contributed by atoms with van der Waals surface area (Å²) in [7, 11) is 1.60. The monoisotopic (exact) mass is 244 g/mol. The molecule has 0 aliphatic rings. The average Bonchev–Trinajstić information content (AvgIpc) is 2.93. The predicted molar refractivity (Wildman–Crippen MR) is 66.8 cm³/mol. The van der Waals surface area contributed by atoms with Crippen LogP contribution >= 0.6 is 0 Å². The van der Waals surface area contributed by atoms with Gasteiger partial charge in [-0.1, -0.05) is 0 Å². The molecule has 0 spiro atoms. The van der Waals surface area contributed by atoms with Crippen LogP contribution in [0.1, 0.15) is 16.1 Å². The lowest BCUT2D eigenvalue weighted by atomic mass is 10.2. The molecule has 1 N–H and O–H groups in total. The number of rotatable bonds is 4. The van der Waals surface area contributed by atoms with E-state index in [1.165, 1.54) is 6.26 Å². The Bertz CT molecular complexity index is 530. The van der Waals surface area contributed by atoms with Gasteiger partial charge in [0, 0.05) is 0 Å². The summed E-state index contributed by atoms with van der Waals surface area (Å²) in [5.41, 5.74) is 3.22. The molecule has 5 heteroatoms. The van der Waals surface area contributed by atoms with Crippen molar-refractivity contribution in [3.63, 3.8) is 0 Å². The molecule has 0 bridgehead atoms. The van der Waals surface area contributed by atoms with Gasteiger partial charge in [0.1, 0.15) is 5.75 Å².